The third-order valence-corrected chi connectivity index (χ3v) is 9.90. The first-order valence-corrected chi connectivity index (χ1v) is 12.0. The van der Waals surface area contributed by atoms with Crippen LogP contribution in [0.1, 0.15) is 44.9 Å². The summed E-state index contributed by atoms with van der Waals surface area (Å²) in [4.78, 5) is 14.4. The average molecular weight is 393 g/mol. The van der Waals surface area contributed by atoms with E-state index in [1.165, 1.54) is 0 Å². The van der Waals surface area contributed by atoms with Crippen molar-refractivity contribution in [1.29, 1.82) is 5.26 Å². The summed E-state index contributed by atoms with van der Waals surface area (Å²) in [6.45, 7) is 1.68. The van der Waals surface area contributed by atoms with Crippen LogP contribution >= 0.6 is 0 Å². The standard InChI is InChI=1S/C19H28N4O3S/c20-11-16-3-1-4-22(16)17(24)12-21-19-9-13-7-15(19)8-14(10-19)18(13)23-5-2-6-27(23,25)26/h13-16,18,21H,1-10,12H2/t13?,14?,15?,16-,18?,19?/m0/s1. The molecule has 0 aromatic heterocycles. The number of nitrogens with zero attached hydrogens (tertiary/aromatic N) is 3. The summed E-state index contributed by atoms with van der Waals surface area (Å²) in [5, 5.41) is 12.8. The highest BCUT2D eigenvalue weighted by atomic mass is 32.2. The Kier molecular flexibility index (Phi) is 4.09. The van der Waals surface area contributed by atoms with Gasteiger partial charge in [0.25, 0.3) is 0 Å². The lowest BCUT2D eigenvalue weighted by Gasteiger charge is -2.43. The van der Waals surface area contributed by atoms with Gasteiger partial charge in [-0.25, -0.2) is 8.42 Å². The van der Waals surface area contributed by atoms with Gasteiger partial charge in [-0.15, -0.1) is 0 Å². The molecule has 3 atom stereocenters. The normalized spacial score (nSPS) is 44.9. The van der Waals surface area contributed by atoms with Gasteiger partial charge < -0.3 is 10.2 Å². The molecule has 2 saturated heterocycles. The van der Waals surface area contributed by atoms with Crippen molar-refractivity contribution in [3.05, 3.63) is 0 Å². The molecule has 1 amide bonds. The lowest BCUT2D eigenvalue weighted by molar-refractivity contribution is -0.130. The molecule has 6 fully saturated rings. The molecule has 148 valence electrons. The van der Waals surface area contributed by atoms with E-state index in [-0.39, 0.29) is 23.5 Å². The summed E-state index contributed by atoms with van der Waals surface area (Å²) in [5.74, 6) is 1.76. The number of rotatable bonds is 4. The molecular weight excluding hydrogens is 364 g/mol. The lowest BCUT2D eigenvalue weighted by atomic mass is 9.75. The SMILES string of the molecule is N#C[C@@H]1CCCN1C(=O)CNC12CC3CC1CC(C2)C3N1CCCS1(=O)=O. The summed E-state index contributed by atoms with van der Waals surface area (Å²) in [6.07, 6.45) is 6.59. The molecule has 0 aromatic rings. The van der Waals surface area contributed by atoms with Gasteiger partial charge in [0.2, 0.25) is 15.9 Å². The Balaban J connectivity index is 1.26. The number of hydrogen-bond donors (Lipinski definition) is 1. The van der Waals surface area contributed by atoms with Gasteiger partial charge in [0.05, 0.1) is 18.4 Å². The van der Waals surface area contributed by atoms with E-state index < -0.39 is 10.0 Å². The Morgan fingerprint density at radius 2 is 1.93 bits per heavy atom. The van der Waals surface area contributed by atoms with Crippen LogP contribution in [0.4, 0.5) is 0 Å². The number of carbonyl (C=O) groups excluding carboxylic acids is 1. The predicted molar refractivity (Wildman–Crippen MR) is 98.9 cm³/mol. The topological polar surface area (TPSA) is 93.5 Å². The van der Waals surface area contributed by atoms with Crippen LogP contribution < -0.4 is 5.32 Å². The van der Waals surface area contributed by atoms with E-state index in [1.54, 1.807) is 4.90 Å². The van der Waals surface area contributed by atoms with Crippen LogP contribution in [0.2, 0.25) is 0 Å². The fourth-order valence-electron chi connectivity index (χ4n) is 7.01. The van der Waals surface area contributed by atoms with Crippen molar-refractivity contribution in [1.82, 2.24) is 14.5 Å². The van der Waals surface area contributed by atoms with Crippen LogP contribution in [0, 0.1) is 29.1 Å². The summed E-state index contributed by atoms with van der Waals surface area (Å²) < 4.78 is 26.7. The Bertz CT molecular complexity index is 775. The van der Waals surface area contributed by atoms with Gasteiger partial charge in [-0.3, -0.25) is 4.79 Å². The fraction of sp³-hybridized carbons (Fsp3) is 0.895. The molecule has 7 nitrogen and oxygen atoms in total. The van der Waals surface area contributed by atoms with Crippen molar-refractivity contribution in [3.63, 3.8) is 0 Å². The fourth-order valence-corrected chi connectivity index (χ4v) is 8.86. The maximum Gasteiger partial charge on any atom is 0.237 e. The Morgan fingerprint density at radius 3 is 2.56 bits per heavy atom. The number of nitriles is 1. The second-order valence-electron chi connectivity index (χ2n) is 9.25. The van der Waals surface area contributed by atoms with Crippen molar-refractivity contribution in [3.8, 4) is 6.07 Å². The molecule has 2 aliphatic heterocycles. The van der Waals surface area contributed by atoms with Crippen molar-refractivity contribution in [2.75, 3.05) is 25.4 Å². The summed E-state index contributed by atoms with van der Waals surface area (Å²) in [6, 6.07) is 2.16. The molecular formula is C19H28N4O3S. The zero-order chi connectivity index (χ0) is 18.8. The number of amides is 1. The molecule has 0 radical (unpaired) electrons. The second kappa shape index (κ2) is 6.16. The molecule has 0 spiro atoms. The number of carbonyl (C=O) groups is 1. The third kappa shape index (κ3) is 2.65. The van der Waals surface area contributed by atoms with E-state index in [1.807, 2.05) is 4.31 Å². The van der Waals surface area contributed by atoms with Crippen LogP contribution in [0.25, 0.3) is 0 Å². The summed E-state index contributed by atoms with van der Waals surface area (Å²) >= 11 is 0. The minimum atomic E-state index is -3.06. The highest BCUT2D eigenvalue weighted by Crippen LogP contribution is 2.62. The number of hydrogen-bond acceptors (Lipinski definition) is 5. The maximum absolute atomic E-state index is 12.6. The quantitative estimate of drug-likeness (QED) is 0.759. The molecule has 0 aromatic carbocycles. The van der Waals surface area contributed by atoms with Crippen molar-refractivity contribution >= 4 is 15.9 Å². The largest absolute Gasteiger partial charge is 0.326 e. The van der Waals surface area contributed by atoms with Gasteiger partial charge in [0.15, 0.2) is 0 Å². The van der Waals surface area contributed by atoms with Crippen molar-refractivity contribution in [2.45, 2.75) is 62.6 Å². The van der Waals surface area contributed by atoms with Crippen molar-refractivity contribution in [2.24, 2.45) is 17.8 Å². The Morgan fingerprint density at radius 1 is 1.19 bits per heavy atom. The highest BCUT2D eigenvalue weighted by molar-refractivity contribution is 7.89. The van der Waals surface area contributed by atoms with Crippen LogP contribution in [-0.4, -0.2) is 66.5 Å². The zero-order valence-electron chi connectivity index (χ0n) is 15.6. The molecule has 6 aliphatic rings. The molecule has 4 aliphatic carbocycles. The lowest BCUT2D eigenvalue weighted by Crippen LogP contribution is -2.54. The van der Waals surface area contributed by atoms with Crippen LogP contribution in [0.3, 0.4) is 0 Å². The molecule has 2 heterocycles. The monoisotopic (exact) mass is 392 g/mol. The van der Waals surface area contributed by atoms with E-state index >= 15 is 0 Å². The molecule has 27 heavy (non-hydrogen) atoms. The van der Waals surface area contributed by atoms with E-state index in [2.05, 4.69) is 11.4 Å². The Labute approximate surface area is 161 Å². The van der Waals surface area contributed by atoms with Gasteiger partial charge in [0, 0.05) is 24.7 Å². The third-order valence-electron chi connectivity index (χ3n) is 7.96. The summed E-state index contributed by atoms with van der Waals surface area (Å²) in [7, 11) is -3.06. The maximum atomic E-state index is 12.6. The number of nitrogens with one attached hydrogen (secondary N) is 1. The van der Waals surface area contributed by atoms with Crippen LogP contribution in [0.15, 0.2) is 0 Å². The average Bonchev–Trinajstić information content (AvgIpc) is 3.35. The highest BCUT2D eigenvalue weighted by Gasteiger charge is 2.63. The minimum Gasteiger partial charge on any atom is -0.326 e. The first-order valence-electron chi connectivity index (χ1n) is 10.4. The van der Waals surface area contributed by atoms with Crippen molar-refractivity contribution < 1.29 is 13.2 Å². The van der Waals surface area contributed by atoms with E-state index in [0.29, 0.717) is 43.1 Å². The molecule has 8 heteroatoms. The number of likely N-dealkylation sites (tertiary alicyclic amines) is 1. The molecule has 4 bridgehead atoms. The number of sulfonamides is 1. The summed E-state index contributed by atoms with van der Waals surface area (Å²) in [5.41, 5.74) is 0.00679. The first-order chi connectivity index (χ1) is 12.9. The minimum absolute atomic E-state index is 0.00679. The zero-order valence-corrected chi connectivity index (χ0v) is 16.5. The van der Waals surface area contributed by atoms with E-state index in [4.69, 9.17) is 0 Å². The molecule has 1 N–H and O–H groups in total. The molecule has 4 saturated carbocycles. The van der Waals surface area contributed by atoms with Gasteiger partial charge in [-0.1, -0.05) is 0 Å². The van der Waals surface area contributed by atoms with Crippen LogP contribution in [0.5, 0.6) is 0 Å². The van der Waals surface area contributed by atoms with E-state index in [0.717, 1.165) is 44.9 Å². The van der Waals surface area contributed by atoms with Gasteiger partial charge in [0.1, 0.15) is 6.04 Å². The van der Waals surface area contributed by atoms with E-state index in [9.17, 15) is 18.5 Å². The van der Waals surface area contributed by atoms with Gasteiger partial charge >= 0.3 is 0 Å². The predicted octanol–water partition coefficient (Wildman–Crippen LogP) is 0.683. The molecule has 2 unspecified atom stereocenters. The first kappa shape index (κ1) is 17.9. The smallest absolute Gasteiger partial charge is 0.237 e. The molecule has 6 rings (SSSR count). The van der Waals surface area contributed by atoms with Gasteiger partial charge in [-0.05, 0) is 62.7 Å². The van der Waals surface area contributed by atoms with Gasteiger partial charge in [-0.2, -0.15) is 9.57 Å². The Hall–Kier alpha value is -1.17. The van der Waals surface area contributed by atoms with Crippen LogP contribution in [-0.2, 0) is 14.8 Å². The second-order valence-corrected chi connectivity index (χ2v) is 11.3.